The number of benzene rings is 2. The van der Waals surface area contributed by atoms with Crippen LogP contribution in [0.2, 0.25) is 0 Å². The van der Waals surface area contributed by atoms with Crippen LogP contribution in [0.15, 0.2) is 48.5 Å². The third-order valence-corrected chi connectivity index (χ3v) is 5.77. The van der Waals surface area contributed by atoms with Gasteiger partial charge in [-0.2, -0.15) is 13.2 Å². The zero-order valence-electron chi connectivity index (χ0n) is 18.5. The first-order valence-corrected chi connectivity index (χ1v) is 10.9. The van der Waals surface area contributed by atoms with E-state index in [1.54, 1.807) is 12.1 Å². The van der Waals surface area contributed by atoms with E-state index in [0.717, 1.165) is 49.7 Å². The minimum absolute atomic E-state index is 0.156. The van der Waals surface area contributed by atoms with E-state index in [1.165, 1.54) is 6.07 Å². The lowest BCUT2D eigenvalue weighted by Crippen LogP contribution is -2.41. The largest absolute Gasteiger partial charge is 0.416 e. The van der Waals surface area contributed by atoms with Gasteiger partial charge in [0.1, 0.15) is 0 Å². The van der Waals surface area contributed by atoms with Crippen LogP contribution in [0.4, 0.5) is 13.2 Å². The summed E-state index contributed by atoms with van der Waals surface area (Å²) in [6.45, 7) is 2.54. The van der Waals surface area contributed by atoms with Gasteiger partial charge in [0.2, 0.25) is 11.8 Å². The number of carbonyl (C=O) groups excluding carboxylic acids is 3. The average molecular weight is 476 g/mol. The lowest BCUT2D eigenvalue weighted by atomic mass is 9.96. The first-order valence-electron chi connectivity index (χ1n) is 10.9. The van der Waals surface area contributed by atoms with E-state index in [4.69, 9.17) is 5.73 Å². The molecular formula is C24H27F3N4O3. The van der Waals surface area contributed by atoms with Crippen molar-refractivity contribution in [1.82, 2.24) is 15.5 Å². The second-order valence-corrected chi connectivity index (χ2v) is 8.35. The SMILES string of the molecule is NC(=O)c1cccc(CN2CCC(CNC(=O)CNC(=O)c3cccc(C(F)(F)F)c3)CC2)c1. The van der Waals surface area contributed by atoms with Gasteiger partial charge in [0.25, 0.3) is 5.91 Å². The fraction of sp³-hybridized carbons (Fsp3) is 0.375. The molecular weight excluding hydrogens is 449 g/mol. The first-order chi connectivity index (χ1) is 16.1. The van der Waals surface area contributed by atoms with Crippen molar-refractivity contribution in [1.29, 1.82) is 0 Å². The van der Waals surface area contributed by atoms with Gasteiger partial charge in [-0.05, 0) is 67.7 Å². The molecule has 4 N–H and O–H groups in total. The molecule has 182 valence electrons. The molecule has 1 aliphatic heterocycles. The van der Waals surface area contributed by atoms with Crippen LogP contribution in [0.5, 0.6) is 0 Å². The maximum absolute atomic E-state index is 12.8. The molecule has 0 saturated carbocycles. The number of nitrogens with one attached hydrogen (secondary N) is 2. The van der Waals surface area contributed by atoms with Crippen LogP contribution in [0.25, 0.3) is 0 Å². The summed E-state index contributed by atoms with van der Waals surface area (Å²) in [6, 6.07) is 11.3. The number of nitrogens with two attached hydrogens (primary N) is 1. The lowest BCUT2D eigenvalue weighted by molar-refractivity contribution is -0.137. The molecule has 0 aromatic heterocycles. The number of rotatable bonds is 8. The van der Waals surface area contributed by atoms with E-state index in [1.807, 2.05) is 12.1 Å². The molecule has 2 aromatic rings. The van der Waals surface area contributed by atoms with E-state index in [0.29, 0.717) is 18.7 Å². The van der Waals surface area contributed by atoms with Gasteiger partial charge >= 0.3 is 6.18 Å². The molecule has 1 fully saturated rings. The van der Waals surface area contributed by atoms with Crippen molar-refractivity contribution in [3.05, 3.63) is 70.8 Å². The Balaban J connectivity index is 1.37. The number of alkyl halides is 3. The number of nitrogens with zero attached hydrogens (tertiary/aromatic N) is 1. The standard InChI is InChI=1S/C24H27F3N4O3/c25-24(26,27)20-6-2-5-19(12-20)23(34)30-14-21(32)29-13-16-7-9-31(10-8-16)15-17-3-1-4-18(11-17)22(28)33/h1-6,11-12,16H,7-10,13-15H2,(H2,28,33)(H,29,32)(H,30,34). The van der Waals surface area contributed by atoms with Crippen molar-refractivity contribution in [2.45, 2.75) is 25.6 Å². The molecule has 34 heavy (non-hydrogen) atoms. The van der Waals surface area contributed by atoms with E-state index in [9.17, 15) is 27.6 Å². The van der Waals surface area contributed by atoms with Crippen molar-refractivity contribution in [2.24, 2.45) is 11.7 Å². The molecule has 2 aromatic carbocycles. The fourth-order valence-electron chi connectivity index (χ4n) is 3.85. The summed E-state index contributed by atoms with van der Waals surface area (Å²) in [5.41, 5.74) is 5.75. The molecule has 10 heteroatoms. The predicted octanol–water partition coefficient (Wildman–Crippen LogP) is 2.56. The third kappa shape index (κ3) is 7.31. The second kappa shape index (κ2) is 11.1. The Hall–Kier alpha value is -3.40. The third-order valence-electron chi connectivity index (χ3n) is 5.77. The van der Waals surface area contributed by atoms with Crippen molar-refractivity contribution in [3.8, 4) is 0 Å². The van der Waals surface area contributed by atoms with Crippen molar-refractivity contribution >= 4 is 17.7 Å². The highest BCUT2D eigenvalue weighted by molar-refractivity contribution is 5.96. The van der Waals surface area contributed by atoms with Crippen LogP contribution in [-0.2, 0) is 17.5 Å². The lowest BCUT2D eigenvalue weighted by Gasteiger charge is -2.32. The van der Waals surface area contributed by atoms with Gasteiger partial charge in [0.15, 0.2) is 0 Å². The molecule has 0 spiro atoms. The summed E-state index contributed by atoms with van der Waals surface area (Å²) in [7, 11) is 0. The summed E-state index contributed by atoms with van der Waals surface area (Å²) >= 11 is 0. The highest BCUT2D eigenvalue weighted by Crippen LogP contribution is 2.29. The number of hydrogen-bond acceptors (Lipinski definition) is 4. The Labute approximate surface area is 195 Å². The summed E-state index contributed by atoms with van der Waals surface area (Å²) in [5.74, 6) is -1.31. The first kappa shape index (κ1) is 25.2. The zero-order valence-corrected chi connectivity index (χ0v) is 18.5. The number of hydrogen-bond donors (Lipinski definition) is 3. The van der Waals surface area contributed by atoms with Gasteiger partial charge in [0.05, 0.1) is 12.1 Å². The van der Waals surface area contributed by atoms with Gasteiger partial charge in [-0.1, -0.05) is 18.2 Å². The Morgan fingerprint density at radius 3 is 2.32 bits per heavy atom. The summed E-state index contributed by atoms with van der Waals surface area (Å²) in [6.07, 6.45) is -2.78. The molecule has 3 amide bonds. The maximum Gasteiger partial charge on any atom is 0.416 e. The summed E-state index contributed by atoms with van der Waals surface area (Å²) in [5, 5.41) is 5.13. The molecule has 3 rings (SSSR count). The number of primary amides is 1. The minimum atomic E-state index is -4.54. The Kier molecular flexibility index (Phi) is 8.27. The van der Waals surface area contributed by atoms with Crippen LogP contribution in [0.3, 0.4) is 0 Å². The second-order valence-electron chi connectivity index (χ2n) is 8.35. The van der Waals surface area contributed by atoms with Crippen molar-refractivity contribution in [3.63, 3.8) is 0 Å². The van der Waals surface area contributed by atoms with Gasteiger partial charge < -0.3 is 16.4 Å². The van der Waals surface area contributed by atoms with Crippen LogP contribution in [-0.4, -0.2) is 48.8 Å². The van der Waals surface area contributed by atoms with Gasteiger partial charge in [-0.25, -0.2) is 0 Å². The monoisotopic (exact) mass is 476 g/mol. The average Bonchev–Trinajstić information content (AvgIpc) is 2.81. The van der Waals surface area contributed by atoms with Gasteiger partial charge in [0, 0.05) is 24.2 Å². The molecule has 1 saturated heterocycles. The smallest absolute Gasteiger partial charge is 0.366 e. The number of piperidine rings is 1. The minimum Gasteiger partial charge on any atom is -0.366 e. The summed E-state index contributed by atoms with van der Waals surface area (Å²) < 4.78 is 38.4. The van der Waals surface area contributed by atoms with Gasteiger partial charge in [-0.15, -0.1) is 0 Å². The topological polar surface area (TPSA) is 105 Å². The van der Waals surface area contributed by atoms with Crippen LogP contribution < -0.4 is 16.4 Å². The molecule has 1 aliphatic rings. The molecule has 0 unspecified atom stereocenters. The van der Waals surface area contributed by atoms with Crippen LogP contribution in [0.1, 0.15) is 44.7 Å². The Morgan fingerprint density at radius 2 is 1.65 bits per heavy atom. The van der Waals surface area contributed by atoms with Crippen LogP contribution >= 0.6 is 0 Å². The van der Waals surface area contributed by atoms with E-state index >= 15 is 0 Å². The highest BCUT2D eigenvalue weighted by Gasteiger charge is 2.31. The van der Waals surface area contributed by atoms with E-state index < -0.39 is 29.5 Å². The maximum atomic E-state index is 12.8. The summed E-state index contributed by atoms with van der Waals surface area (Å²) in [4.78, 5) is 37.8. The molecule has 1 heterocycles. The zero-order chi connectivity index (χ0) is 24.7. The van der Waals surface area contributed by atoms with E-state index in [2.05, 4.69) is 15.5 Å². The molecule has 0 atom stereocenters. The van der Waals surface area contributed by atoms with E-state index in [-0.39, 0.29) is 18.0 Å². The number of carbonyl (C=O) groups is 3. The Bertz CT molecular complexity index is 1030. The Morgan fingerprint density at radius 1 is 0.971 bits per heavy atom. The number of likely N-dealkylation sites (tertiary alicyclic amines) is 1. The molecule has 0 bridgehead atoms. The predicted molar refractivity (Wildman–Crippen MR) is 120 cm³/mol. The van der Waals surface area contributed by atoms with Gasteiger partial charge in [-0.3, -0.25) is 19.3 Å². The molecule has 0 aliphatic carbocycles. The van der Waals surface area contributed by atoms with Crippen LogP contribution in [0, 0.1) is 5.92 Å². The van der Waals surface area contributed by atoms with Crippen molar-refractivity contribution in [2.75, 3.05) is 26.2 Å². The highest BCUT2D eigenvalue weighted by atomic mass is 19.4. The number of halogens is 3. The fourth-order valence-corrected chi connectivity index (χ4v) is 3.85. The number of amides is 3. The molecule has 7 nitrogen and oxygen atoms in total. The quantitative estimate of drug-likeness (QED) is 0.545. The normalized spacial score (nSPS) is 15.0. The molecule has 0 radical (unpaired) electrons. The van der Waals surface area contributed by atoms with Crippen molar-refractivity contribution < 1.29 is 27.6 Å².